The van der Waals surface area contributed by atoms with Crippen LogP contribution in [0.2, 0.25) is 0 Å². The zero-order chi connectivity index (χ0) is 10.8. The number of hydrogen-bond acceptors (Lipinski definition) is 5. The van der Waals surface area contributed by atoms with Crippen LogP contribution in [0.3, 0.4) is 0 Å². The van der Waals surface area contributed by atoms with E-state index < -0.39 is 0 Å². The first kappa shape index (κ1) is 10.7. The van der Waals surface area contributed by atoms with E-state index in [0.717, 1.165) is 11.5 Å². The summed E-state index contributed by atoms with van der Waals surface area (Å²) in [5.74, 6) is 1.31. The molecule has 0 unspecified atom stereocenters. The van der Waals surface area contributed by atoms with Gasteiger partial charge in [0.15, 0.2) is 0 Å². The lowest BCUT2D eigenvalue weighted by atomic mass is 10.2. The molecule has 3 N–H and O–H groups in total. The van der Waals surface area contributed by atoms with Crippen LogP contribution < -0.4 is 10.6 Å². The lowest BCUT2D eigenvalue weighted by Gasteiger charge is -2.21. The molecule has 0 bridgehead atoms. The molecular weight excluding hydrogens is 210 g/mol. The zero-order valence-electron chi connectivity index (χ0n) is 8.94. The number of anilines is 2. The molecule has 0 aromatic carbocycles. The first-order chi connectivity index (χ1) is 7.27. The van der Waals surface area contributed by atoms with Gasteiger partial charge >= 0.3 is 0 Å². The maximum Gasteiger partial charge on any atom is 0.142 e. The van der Waals surface area contributed by atoms with Gasteiger partial charge in [0.2, 0.25) is 0 Å². The van der Waals surface area contributed by atoms with Crippen LogP contribution >= 0.6 is 11.5 Å². The Kier molecular flexibility index (Phi) is 3.11. The fraction of sp³-hybridized carbons (Fsp3) is 0.700. The van der Waals surface area contributed by atoms with Crippen LogP contribution in [0.4, 0.5) is 10.8 Å². The van der Waals surface area contributed by atoms with Gasteiger partial charge in [-0.2, -0.15) is 4.37 Å². The fourth-order valence-corrected chi connectivity index (χ4v) is 2.80. The van der Waals surface area contributed by atoms with Gasteiger partial charge in [0.1, 0.15) is 10.8 Å². The highest BCUT2D eigenvalue weighted by Crippen LogP contribution is 2.48. The van der Waals surface area contributed by atoms with Crippen LogP contribution in [0, 0.1) is 0 Å². The molecule has 84 valence electrons. The van der Waals surface area contributed by atoms with Gasteiger partial charge in [-0.25, -0.2) is 0 Å². The number of likely N-dealkylation sites (N-methyl/N-ethyl adjacent to an activating group) is 1. The highest BCUT2D eigenvalue weighted by Gasteiger charge is 2.31. The Morgan fingerprint density at radius 1 is 1.60 bits per heavy atom. The van der Waals surface area contributed by atoms with Gasteiger partial charge in [-0.3, -0.25) is 0 Å². The lowest BCUT2D eigenvalue weighted by molar-refractivity contribution is 0.302. The predicted molar refractivity (Wildman–Crippen MR) is 63.5 cm³/mol. The second-order valence-corrected chi connectivity index (χ2v) is 4.62. The Balaban J connectivity index is 2.25. The molecule has 0 spiro atoms. The average molecular weight is 227 g/mol. The summed E-state index contributed by atoms with van der Waals surface area (Å²) in [6.07, 6.45) is 2.46. The average Bonchev–Trinajstić information content (AvgIpc) is 2.99. The number of aliphatic hydroxyl groups excluding tert-OH is 1. The van der Waals surface area contributed by atoms with Crippen molar-refractivity contribution < 1.29 is 5.11 Å². The highest BCUT2D eigenvalue weighted by atomic mass is 32.1. The second kappa shape index (κ2) is 4.37. The smallest absolute Gasteiger partial charge is 0.142 e. The molecule has 0 atom stereocenters. The minimum Gasteiger partial charge on any atom is -0.395 e. The van der Waals surface area contributed by atoms with Gasteiger partial charge in [0, 0.05) is 18.7 Å². The van der Waals surface area contributed by atoms with Gasteiger partial charge in [-0.15, -0.1) is 0 Å². The van der Waals surface area contributed by atoms with Gasteiger partial charge in [0.05, 0.1) is 6.61 Å². The number of aromatic nitrogens is 1. The van der Waals surface area contributed by atoms with Gasteiger partial charge < -0.3 is 15.7 Å². The van der Waals surface area contributed by atoms with E-state index in [9.17, 15) is 0 Å². The quantitative estimate of drug-likeness (QED) is 0.798. The molecule has 1 aromatic rings. The van der Waals surface area contributed by atoms with E-state index in [1.54, 1.807) is 0 Å². The van der Waals surface area contributed by atoms with E-state index in [2.05, 4.69) is 16.2 Å². The van der Waals surface area contributed by atoms with Gasteiger partial charge in [-0.05, 0) is 37.2 Å². The SMILES string of the molecule is CCN(CCO)c1snc(N)c1C1CC1. The van der Waals surface area contributed by atoms with Crippen molar-refractivity contribution in [3.05, 3.63) is 5.56 Å². The molecule has 5 heteroatoms. The molecule has 1 heterocycles. The molecule has 4 nitrogen and oxygen atoms in total. The Labute approximate surface area is 93.9 Å². The zero-order valence-corrected chi connectivity index (χ0v) is 9.76. The highest BCUT2D eigenvalue weighted by molar-refractivity contribution is 7.10. The van der Waals surface area contributed by atoms with E-state index in [4.69, 9.17) is 10.8 Å². The summed E-state index contributed by atoms with van der Waals surface area (Å²) < 4.78 is 4.23. The number of nitrogen functional groups attached to an aromatic ring is 1. The topological polar surface area (TPSA) is 62.4 Å². The third-order valence-corrected chi connectivity index (χ3v) is 3.70. The Hall–Kier alpha value is -0.810. The molecule has 0 amide bonds. The summed E-state index contributed by atoms with van der Waals surface area (Å²) in [5, 5.41) is 10.2. The van der Waals surface area contributed by atoms with Crippen molar-refractivity contribution in [2.45, 2.75) is 25.7 Å². The molecule has 0 aliphatic heterocycles. The van der Waals surface area contributed by atoms with Crippen molar-refractivity contribution in [1.82, 2.24) is 4.37 Å². The summed E-state index contributed by atoms with van der Waals surface area (Å²) >= 11 is 1.46. The number of aliphatic hydroxyl groups is 1. The normalized spacial score (nSPS) is 15.6. The molecule has 1 aliphatic carbocycles. The standard InChI is InChI=1S/C10H17N3OS/c1-2-13(5-6-14)10-8(7-3-4-7)9(11)12-15-10/h7,14H,2-6H2,1H3,(H2,11,12). The molecule has 1 fully saturated rings. The van der Waals surface area contributed by atoms with Crippen LogP contribution in [-0.4, -0.2) is 29.2 Å². The van der Waals surface area contributed by atoms with Crippen LogP contribution in [-0.2, 0) is 0 Å². The van der Waals surface area contributed by atoms with Crippen molar-refractivity contribution in [2.24, 2.45) is 0 Å². The number of hydrogen-bond donors (Lipinski definition) is 2. The lowest BCUT2D eigenvalue weighted by Crippen LogP contribution is -2.26. The second-order valence-electron chi connectivity index (χ2n) is 3.86. The van der Waals surface area contributed by atoms with Crippen molar-refractivity contribution in [3.63, 3.8) is 0 Å². The minimum absolute atomic E-state index is 0.176. The van der Waals surface area contributed by atoms with E-state index in [1.165, 1.54) is 29.9 Å². The Morgan fingerprint density at radius 3 is 2.87 bits per heavy atom. The molecular formula is C10H17N3OS. The summed E-state index contributed by atoms with van der Waals surface area (Å²) in [6, 6.07) is 0. The monoisotopic (exact) mass is 227 g/mol. The first-order valence-corrected chi connectivity index (χ1v) is 6.16. The Morgan fingerprint density at radius 2 is 2.33 bits per heavy atom. The third-order valence-electron chi connectivity index (χ3n) is 2.76. The molecule has 1 aliphatic rings. The van der Waals surface area contributed by atoms with E-state index in [-0.39, 0.29) is 6.61 Å². The van der Waals surface area contributed by atoms with Crippen molar-refractivity contribution in [2.75, 3.05) is 30.3 Å². The predicted octanol–water partition coefficient (Wildman–Crippen LogP) is 1.42. The van der Waals surface area contributed by atoms with E-state index >= 15 is 0 Å². The van der Waals surface area contributed by atoms with Crippen molar-refractivity contribution >= 4 is 22.4 Å². The van der Waals surface area contributed by atoms with Gasteiger partial charge in [0.25, 0.3) is 0 Å². The molecule has 1 saturated carbocycles. The molecule has 1 aromatic heterocycles. The maximum absolute atomic E-state index is 8.99. The maximum atomic E-state index is 8.99. The summed E-state index contributed by atoms with van der Waals surface area (Å²) in [6.45, 7) is 3.82. The largest absolute Gasteiger partial charge is 0.395 e. The van der Waals surface area contributed by atoms with E-state index in [0.29, 0.717) is 18.3 Å². The van der Waals surface area contributed by atoms with Crippen LogP contribution in [0.15, 0.2) is 0 Å². The minimum atomic E-state index is 0.176. The molecule has 15 heavy (non-hydrogen) atoms. The molecule has 0 saturated heterocycles. The van der Waals surface area contributed by atoms with Gasteiger partial charge in [-0.1, -0.05) is 0 Å². The molecule has 0 radical (unpaired) electrons. The summed E-state index contributed by atoms with van der Waals surface area (Å²) in [4.78, 5) is 2.15. The van der Waals surface area contributed by atoms with E-state index in [1.807, 2.05) is 0 Å². The van der Waals surface area contributed by atoms with Crippen LogP contribution in [0.5, 0.6) is 0 Å². The number of nitrogens with zero attached hydrogens (tertiary/aromatic N) is 2. The molecule has 2 rings (SSSR count). The van der Waals surface area contributed by atoms with Crippen LogP contribution in [0.1, 0.15) is 31.2 Å². The van der Waals surface area contributed by atoms with Crippen molar-refractivity contribution in [3.8, 4) is 0 Å². The summed E-state index contributed by atoms with van der Waals surface area (Å²) in [7, 11) is 0. The Bertz CT molecular complexity index is 335. The fourth-order valence-electron chi connectivity index (χ4n) is 1.81. The number of rotatable bonds is 5. The first-order valence-electron chi connectivity index (χ1n) is 5.38. The van der Waals surface area contributed by atoms with Crippen LogP contribution in [0.25, 0.3) is 0 Å². The van der Waals surface area contributed by atoms with Crippen molar-refractivity contribution in [1.29, 1.82) is 0 Å². The third kappa shape index (κ3) is 2.08. The summed E-state index contributed by atoms with van der Waals surface area (Å²) in [5.41, 5.74) is 7.10. The number of nitrogens with two attached hydrogens (primary N) is 1.